The summed E-state index contributed by atoms with van der Waals surface area (Å²) in [4.78, 5) is 38.6. The summed E-state index contributed by atoms with van der Waals surface area (Å²) in [6.45, 7) is 7.83. The maximum Gasteiger partial charge on any atom is 0.260 e. The number of nitrogens with zero attached hydrogens (tertiary/aromatic N) is 5. The first kappa shape index (κ1) is 25.2. The molecule has 2 aromatic heterocycles. The van der Waals surface area contributed by atoms with Crippen LogP contribution in [0.15, 0.2) is 47.9 Å². The van der Waals surface area contributed by atoms with Crippen molar-refractivity contribution in [3.63, 3.8) is 0 Å². The Hall–Kier alpha value is -3.92. The molecule has 0 spiro atoms. The zero-order valence-corrected chi connectivity index (χ0v) is 21.0. The number of nitrogens with one attached hydrogen (secondary N) is 1. The Labute approximate surface area is 210 Å². The molecule has 36 heavy (non-hydrogen) atoms. The average Bonchev–Trinajstić information content (AvgIpc) is 2.93. The van der Waals surface area contributed by atoms with Crippen LogP contribution in [0, 0.1) is 0 Å². The molecule has 10 nitrogen and oxygen atoms in total. The first-order chi connectivity index (χ1) is 17.5. The van der Waals surface area contributed by atoms with Crippen LogP contribution in [0.4, 0.5) is 5.95 Å². The summed E-state index contributed by atoms with van der Waals surface area (Å²) < 4.78 is 12.5. The van der Waals surface area contributed by atoms with Gasteiger partial charge in [-0.3, -0.25) is 19.1 Å². The number of anilines is 1. The number of hydrogen-bond acceptors (Lipinski definition) is 8. The van der Waals surface area contributed by atoms with Crippen LogP contribution in [0.25, 0.3) is 22.2 Å². The standard InChI is InChI=1S/C26H32N6O4/c1-5-23(33)31-11-9-30(10-12-31)7-6-8-32-24-19(17-28-26(27-2)29-24)15-22(25(32)34)18-13-20(35-3)16-21(14-18)36-4/h5,13-17H,1,6-12H2,2-4H3,(H,27,28,29). The number of aryl methyl sites for hydroxylation is 1. The summed E-state index contributed by atoms with van der Waals surface area (Å²) in [5, 5.41) is 3.72. The van der Waals surface area contributed by atoms with Crippen molar-refractivity contribution in [2.24, 2.45) is 0 Å². The minimum absolute atomic E-state index is 0.0290. The van der Waals surface area contributed by atoms with Crippen LogP contribution in [0.3, 0.4) is 0 Å². The van der Waals surface area contributed by atoms with Crippen molar-refractivity contribution in [3.05, 3.63) is 53.5 Å². The third kappa shape index (κ3) is 5.33. The van der Waals surface area contributed by atoms with Gasteiger partial charge in [-0.1, -0.05) is 6.58 Å². The van der Waals surface area contributed by atoms with Crippen LogP contribution in [0.2, 0.25) is 0 Å². The van der Waals surface area contributed by atoms with Crippen molar-refractivity contribution in [2.75, 3.05) is 59.3 Å². The highest BCUT2D eigenvalue weighted by Crippen LogP contribution is 2.29. The summed E-state index contributed by atoms with van der Waals surface area (Å²) in [7, 11) is 4.91. The number of hydrogen-bond donors (Lipinski definition) is 1. The van der Waals surface area contributed by atoms with Crippen molar-refractivity contribution in [1.29, 1.82) is 0 Å². The SMILES string of the molecule is C=CC(=O)N1CCN(CCCn2c(=O)c(-c3cc(OC)cc(OC)c3)cc3cnc(NC)nc32)CC1. The van der Waals surface area contributed by atoms with Gasteiger partial charge in [0.05, 0.1) is 14.2 Å². The third-order valence-corrected chi connectivity index (χ3v) is 6.43. The van der Waals surface area contributed by atoms with Crippen molar-refractivity contribution in [2.45, 2.75) is 13.0 Å². The van der Waals surface area contributed by atoms with Gasteiger partial charge in [-0.25, -0.2) is 4.98 Å². The maximum atomic E-state index is 13.7. The number of carbonyl (C=O) groups is 1. The Morgan fingerprint density at radius 1 is 1.08 bits per heavy atom. The van der Waals surface area contributed by atoms with E-state index in [4.69, 9.17) is 9.47 Å². The van der Waals surface area contributed by atoms with Gasteiger partial charge in [0.1, 0.15) is 17.1 Å². The number of rotatable bonds is 9. The van der Waals surface area contributed by atoms with Crippen LogP contribution in [0.5, 0.6) is 11.5 Å². The van der Waals surface area contributed by atoms with E-state index >= 15 is 0 Å². The molecule has 0 unspecified atom stereocenters. The van der Waals surface area contributed by atoms with Gasteiger partial charge in [-0.05, 0) is 42.8 Å². The first-order valence-corrected chi connectivity index (χ1v) is 11.9. The number of ether oxygens (including phenoxy) is 2. The van der Waals surface area contributed by atoms with Gasteiger partial charge in [-0.2, -0.15) is 4.98 Å². The monoisotopic (exact) mass is 492 g/mol. The third-order valence-electron chi connectivity index (χ3n) is 6.43. The number of amides is 1. The second kappa shape index (κ2) is 11.2. The van der Waals surface area contributed by atoms with E-state index in [0.717, 1.165) is 31.4 Å². The van der Waals surface area contributed by atoms with Crippen LogP contribution in [-0.2, 0) is 11.3 Å². The lowest BCUT2D eigenvalue weighted by atomic mass is 10.0. The Balaban J connectivity index is 1.63. The predicted molar refractivity (Wildman–Crippen MR) is 140 cm³/mol. The van der Waals surface area contributed by atoms with Gasteiger partial charge < -0.3 is 19.7 Å². The van der Waals surface area contributed by atoms with Crippen LogP contribution >= 0.6 is 0 Å². The molecule has 3 aromatic rings. The number of carbonyl (C=O) groups excluding carboxylic acids is 1. The largest absolute Gasteiger partial charge is 0.497 e. The highest BCUT2D eigenvalue weighted by Gasteiger charge is 2.20. The zero-order chi connectivity index (χ0) is 25.7. The molecule has 10 heteroatoms. The smallest absolute Gasteiger partial charge is 0.260 e. The molecule has 1 N–H and O–H groups in total. The molecule has 0 saturated carbocycles. The Bertz CT molecular complexity index is 1290. The molecule has 3 heterocycles. The van der Waals surface area contributed by atoms with E-state index in [-0.39, 0.29) is 11.5 Å². The highest BCUT2D eigenvalue weighted by atomic mass is 16.5. The van der Waals surface area contributed by atoms with E-state index in [2.05, 4.69) is 26.8 Å². The maximum absolute atomic E-state index is 13.7. The average molecular weight is 493 g/mol. The summed E-state index contributed by atoms with van der Waals surface area (Å²) >= 11 is 0. The van der Waals surface area contributed by atoms with Gasteiger partial charge in [-0.15, -0.1) is 0 Å². The molecule has 1 aromatic carbocycles. The molecule has 4 rings (SSSR count). The number of methoxy groups -OCH3 is 2. The molecule has 1 aliphatic rings. The second-order valence-electron chi connectivity index (χ2n) is 8.56. The lowest BCUT2D eigenvalue weighted by Crippen LogP contribution is -2.48. The van der Waals surface area contributed by atoms with Crippen molar-refractivity contribution >= 4 is 22.9 Å². The van der Waals surface area contributed by atoms with Gasteiger partial charge in [0.2, 0.25) is 11.9 Å². The van der Waals surface area contributed by atoms with Crippen LogP contribution in [0.1, 0.15) is 6.42 Å². The number of aromatic nitrogens is 3. The fraction of sp³-hybridized carbons (Fsp3) is 0.385. The molecule has 190 valence electrons. The van der Waals surface area contributed by atoms with E-state index in [1.165, 1.54) is 6.08 Å². The molecule has 1 amide bonds. The summed E-state index contributed by atoms with van der Waals surface area (Å²) in [6.07, 6.45) is 3.84. The summed E-state index contributed by atoms with van der Waals surface area (Å²) in [5.41, 5.74) is 1.67. The normalized spacial score (nSPS) is 14.0. The van der Waals surface area contributed by atoms with Gasteiger partial charge in [0, 0.05) is 63.0 Å². The van der Waals surface area contributed by atoms with Gasteiger partial charge >= 0.3 is 0 Å². The fourth-order valence-electron chi connectivity index (χ4n) is 4.43. The molecule has 0 bridgehead atoms. The van der Waals surface area contributed by atoms with Gasteiger partial charge in [0.25, 0.3) is 5.56 Å². The van der Waals surface area contributed by atoms with Crippen molar-refractivity contribution in [3.8, 4) is 22.6 Å². The van der Waals surface area contributed by atoms with Crippen molar-refractivity contribution in [1.82, 2.24) is 24.3 Å². The van der Waals surface area contributed by atoms with Gasteiger partial charge in [0.15, 0.2) is 0 Å². The van der Waals surface area contributed by atoms with Crippen LogP contribution in [-0.4, -0.2) is 84.2 Å². The molecule has 0 aliphatic carbocycles. The van der Waals surface area contributed by atoms with E-state index < -0.39 is 0 Å². The summed E-state index contributed by atoms with van der Waals surface area (Å²) in [5.74, 6) is 1.63. The number of benzene rings is 1. The van der Waals surface area contributed by atoms with Crippen LogP contribution < -0.4 is 20.3 Å². The Morgan fingerprint density at radius 2 is 1.78 bits per heavy atom. The van der Waals surface area contributed by atoms with Crippen molar-refractivity contribution < 1.29 is 14.3 Å². The Morgan fingerprint density at radius 3 is 2.39 bits per heavy atom. The minimum Gasteiger partial charge on any atom is -0.497 e. The topological polar surface area (TPSA) is 102 Å². The first-order valence-electron chi connectivity index (χ1n) is 11.9. The lowest BCUT2D eigenvalue weighted by molar-refractivity contribution is -0.127. The predicted octanol–water partition coefficient (Wildman–Crippen LogP) is 2.24. The molecule has 0 radical (unpaired) electrons. The lowest BCUT2D eigenvalue weighted by Gasteiger charge is -2.34. The second-order valence-corrected chi connectivity index (χ2v) is 8.56. The molecule has 1 fully saturated rings. The highest BCUT2D eigenvalue weighted by molar-refractivity contribution is 5.87. The zero-order valence-electron chi connectivity index (χ0n) is 21.0. The van der Waals surface area contributed by atoms with E-state index in [1.807, 2.05) is 23.1 Å². The fourth-order valence-corrected chi connectivity index (χ4v) is 4.43. The van der Waals surface area contributed by atoms with E-state index in [1.54, 1.807) is 38.1 Å². The molecule has 1 saturated heterocycles. The Kier molecular flexibility index (Phi) is 7.84. The number of pyridine rings is 1. The molecule has 1 aliphatic heterocycles. The molecular formula is C26H32N6O4. The number of piperazine rings is 1. The summed E-state index contributed by atoms with van der Waals surface area (Å²) in [6, 6.07) is 7.23. The van der Waals surface area contributed by atoms with E-state index in [9.17, 15) is 9.59 Å². The quantitative estimate of drug-likeness (QED) is 0.454. The molecule has 0 atom stereocenters. The minimum atomic E-state index is -0.139. The number of fused-ring (bicyclic) bond motifs is 1. The molecular weight excluding hydrogens is 460 g/mol. The van der Waals surface area contributed by atoms with E-state index in [0.29, 0.717) is 53.9 Å².